The molecule has 6 heteroatoms. The third kappa shape index (κ3) is 5.89. The molecule has 0 aliphatic heterocycles. The molecule has 1 unspecified atom stereocenters. The quantitative estimate of drug-likeness (QED) is 0.540. The lowest BCUT2D eigenvalue weighted by atomic mass is 10.1. The maximum atomic E-state index is 10.6. The Balaban J connectivity index is 2.14. The number of benzene rings is 2. The number of methoxy groups -OCH3 is 2. The first kappa shape index (κ1) is 21.6. The number of ether oxygens (including phenoxy) is 2. The molecule has 0 heterocycles. The summed E-state index contributed by atoms with van der Waals surface area (Å²) in [7, 11) is 5.18. The number of aryl methyl sites for hydroxylation is 1. The standard InChI is InChI=1S/C22H31N3O3/c1-6-23-22(25(3)15-17-10-8-7-9-16(17)2)24-14-21(26)18-11-19(27-4)13-20(12-18)28-5/h7-13,21,26H,6,14-15H2,1-5H3,(H,23,24). The zero-order valence-electron chi connectivity index (χ0n) is 17.4. The van der Waals surface area contributed by atoms with Crippen LogP contribution in [0, 0.1) is 6.92 Å². The summed E-state index contributed by atoms with van der Waals surface area (Å²) in [5, 5.41) is 13.9. The summed E-state index contributed by atoms with van der Waals surface area (Å²) in [6.07, 6.45) is -0.760. The van der Waals surface area contributed by atoms with Crippen LogP contribution in [0.25, 0.3) is 0 Å². The van der Waals surface area contributed by atoms with Gasteiger partial charge in [-0.1, -0.05) is 24.3 Å². The van der Waals surface area contributed by atoms with Crippen LogP contribution in [0.5, 0.6) is 11.5 Å². The van der Waals surface area contributed by atoms with Crippen LogP contribution in [0.2, 0.25) is 0 Å². The van der Waals surface area contributed by atoms with Crippen LogP contribution in [0.15, 0.2) is 47.5 Å². The molecule has 0 aliphatic rings. The van der Waals surface area contributed by atoms with E-state index in [-0.39, 0.29) is 6.54 Å². The average Bonchev–Trinajstić information content (AvgIpc) is 2.71. The number of nitrogens with one attached hydrogen (secondary N) is 1. The summed E-state index contributed by atoms with van der Waals surface area (Å²) in [5.74, 6) is 2.03. The molecular weight excluding hydrogens is 354 g/mol. The normalized spacial score (nSPS) is 12.4. The van der Waals surface area contributed by atoms with Gasteiger partial charge < -0.3 is 24.8 Å². The van der Waals surface area contributed by atoms with Gasteiger partial charge in [0, 0.05) is 26.2 Å². The minimum Gasteiger partial charge on any atom is -0.497 e. The third-order valence-corrected chi connectivity index (χ3v) is 4.54. The lowest BCUT2D eigenvalue weighted by Gasteiger charge is -2.23. The van der Waals surface area contributed by atoms with Crippen molar-refractivity contribution in [2.24, 2.45) is 4.99 Å². The molecule has 0 aromatic heterocycles. The van der Waals surface area contributed by atoms with Gasteiger partial charge in [0.25, 0.3) is 0 Å². The van der Waals surface area contributed by atoms with E-state index in [9.17, 15) is 5.11 Å². The van der Waals surface area contributed by atoms with Crippen LogP contribution in [-0.4, -0.2) is 50.3 Å². The van der Waals surface area contributed by atoms with E-state index in [2.05, 4.69) is 34.3 Å². The number of guanidine groups is 1. The molecule has 2 aromatic carbocycles. The SMILES string of the molecule is CCNC(=NCC(O)c1cc(OC)cc(OC)c1)N(C)Cc1ccccc1C. The number of rotatable bonds is 8. The molecule has 0 amide bonds. The molecule has 0 saturated heterocycles. The van der Waals surface area contributed by atoms with E-state index in [0.717, 1.165) is 19.0 Å². The average molecular weight is 386 g/mol. The Bertz CT molecular complexity index is 770. The Morgan fingerprint density at radius 3 is 2.36 bits per heavy atom. The molecule has 0 bridgehead atoms. The van der Waals surface area contributed by atoms with Crippen LogP contribution in [0.1, 0.15) is 29.7 Å². The summed E-state index contributed by atoms with van der Waals surface area (Å²) in [4.78, 5) is 6.69. The van der Waals surface area contributed by atoms with Crippen LogP contribution in [-0.2, 0) is 6.54 Å². The molecular formula is C22H31N3O3. The second kappa shape index (κ2) is 10.6. The number of aliphatic hydroxyl groups excluding tert-OH is 1. The van der Waals surface area contributed by atoms with E-state index < -0.39 is 6.10 Å². The van der Waals surface area contributed by atoms with Crippen molar-refractivity contribution in [3.05, 3.63) is 59.2 Å². The van der Waals surface area contributed by atoms with Gasteiger partial charge in [0.1, 0.15) is 11.5 Å². The molecule has 0 aliphatic carbocycles. The fourth-order valence-corrected chi connectivity index (χ4v) is 2.89. The second-order valence-corrected chi connectivity index (χ2v) is 6.64. The topological polar surface area (TPSA) is 66.3 Å². The lowest BCUT2D eigenvalue weighted by Crippen LogP contribution is -2.38. The van der Waals surface area contributed by atoms with E-state index >= 15 is 0 Å². The van der Waals surface area contributed by atoms with E-state index in [0.29, 0.717) is 17.1 Å². The highest BCUT2D eigenvalue weighted by Gasteiger charge is 2.13. The fourth-order valence-electron chi connectivity index (χ4n) is 2.89. The molecule has 0 saturated carbocycles. The molecule has 152 valence electrons. The van der Waals surface area contributed by atoms with Crippen LogP contribution in [0.4, 0.5) is 0 Å². The van der Waals surface area contributed by atoms with Gasteiger partial charge in [-0.3, -0.25) is 4.99 Å². The van der Waals surface area contributed by atoms with E-state index in [1.807, 2.05) is 26.1 Å². The Kier molecular flexibility index (Phi) is 8.14. The van der Waals surface area contributed by atoms with Gasteiger partial charge in [0.2, 0.25) is 0 Å². The van der Waals surface area contributed by atoms with Crippen molar-refractivity contribution in [3.8, 4) is 11.5 Å². The summed E-state index contributed by atoms with van der Waals surface area (Å²) in [6, 6.07) is 13.7. The first-order chi connectivity index (χ1) is 13.5. The molecule has 0 fully saturated rings. The number of nitrogens with zero attached hydrogens (tertiary/aromatic N) is 2. The summed E-state index contributed by atoms with van der Waals surface area (Å²) >= 11 is 0. The van der Waals surface area contributed by atoms with Crippen molar-refractivity contribution < 1.29 is 14.6 Å². The highest BCUT2D eigenvalue weighted by molar-refractivity contribution is 5.79. The van der Waals surface area contributed by atoms with Gasteiger partial charge >= 0.3 is 0 Å². The summed E-state index contributed by atoms with van der Waals surface area (Å²) in [6.45, 7) is 5.85. The maximum Gasteiger partial charge on any atom is 0.194 e. The number of aliphatic hydroxyl groups is 1. The Morgan fingerprint density at radius 2 is 1.79 bits per heavy atom. The van der Waals surface area contributed by atoms with Gasteiger partial charge in [-0.15, -0.1) is 0 Å². The molecule has 0 spiro atoms. The zero-order valence-corrected chi connectivity index (χ0v) is 17.4. The van der Waals surface area contributed by atoms with Crippen LogP contribution < -0.4 is 14.8 Å². The van der Waals surface area contributed by atoms with E-state index in [4.69, 9.17) is 9.47 Å². The molecule has 0 radical (unpaired) electrons. The molecule has 2 N–H and O–H groups in total. The number of hydrogen-bond donors (Lipinski definition) is 2. The smallest absolute Gasteiger partial charge is 0.194 e. The minimum atomic E-state index is -0.760. The summed E-state index contributed by atoms with van der Waals surface area (Å²) in [5.41, 5.74) is 3.19. The van der Waals surface area contributed by atoms with Crippen molar-refractivity contribution in [2.75, 3.05) is 34.4 Å². The van der Waals surface area contributed by atoms with Gasteiger partial charge in [-0.05, 0) is 42.7 Å². The number of hydrogen-bond acceptors (Lipinski definition) is 4. The Morgan fingerprint density at radius 1 is 1.14 bits per heavy atom. The van der Waals surface area contributed by atoms with Crippen molar-refractivity contribution in [1.82, 2.24) is 10.2 Å². The minimum absolute atomic E-state index is 0.233. The predicted octanol–water partition coefficient (Wildman–Crippen LogP) is 3.14. The highest BCUT2D eigenvalue weighted by atomic mass is 16.5. The molecule has 6 nitrogen and oxygen atoms in total. The van der Waals surface area contributed by atoms with E-state index in [1.165, 1.54) is 11.1 Å². The Labute approximate surface area is 167 Å². The van der Waals surface area contributed by atoms with Gasteiger partial charge in [0.05, 0.1) is 26.9 Å². The zero-order chi connectivity index (χ0) is 20.5. The molecule has 2 rings (SSSR count). The monoisotopic (exact) mass is 385 g/mol. The van der Waals surface area contributed by atoms with Crippen LogP contribution >= 0.6 is 0 Å². The van der Waals surface area contributed by atoms with Crippen molar-refractivity contribution in [1.29, 1.82) is 0 Å². The van der Waals surface area contributed by atoms with Crippen molar-refractivity contribution in [3.63, 3.8) is 0 Å². The molecule has 1 atom stereocenters. The van der Waals surface area contributed by atoms with E-state index in [1.54, 1.807) is 32.4 Å². The van der Waals surface area contributed by atoms with Crippen LogP contribution in [0.3, 0.4) is 0 Å². The molecule has 28 heavy (non-hydrogen) atoms. The lowest BCUT2D eigenvalue weighted by molar-refractivity contribution is 0.185. The first-order valence-electron chi connectivity index (χ1n) is 9.43. The predicted molar refractivity (Wildman–Crippen MR) is 113 cm³/mol. The Hall–Kier alpha value is -2.73. The third-order valence-electron chi connectivity index (χ3n) is 4.54. The maximum absolute atomic E-state index is 10.6. The van der Waals surface area contributed by atoms with Gasteiger partial charge in [0.15, 0.2) is 5.96 Å². The molecule has 2 aromatic rings. The fraction of sp³-hybridized carbons (Fsp3) is 0.409. The number of aliphatic imine (C=N–C) groups is 1. The van der Waals surface area contributed by atoms with Crippen molar-refractivity contribution in [2.45, 2.75) is 26.5 Å². The highest BCUT2D eigenvalue weighted by Crippen LogP contribution is 2.26. The summed E-state index contributed by atoms with van der Waals surface area (Å²) < 4.78 is 10.6. The second-order valence-electron chi connectivity index (χ2n) is 6.64. The largest absolute Gasteiger partial charge is 0.497 e. The van der Waals surface area contributed by atoms with Gasteiger partial charge in [-0.25, -0.2) is 0 Å². The van der Waals surface area contributed by atoms with Crippen molar-refractivity contribution >= 4 is 5.96 Å². The van der Waals surface area contributed by atoms with Gasteiger partial charge in [-0.2, -0.15) is 0 Å². The first-order valence-corrected chi connectivity index (χ1v) is 9.43.